The average Bonchev–Trinajstić information content (AvgIpc) is 2.28. The summed E-state index contributed by atoms with van der Waals surface area (Å²) in [5.41, 5.74) is 1.13. The maximum absolute atomic E-state index is 11.4. The van der Waals surface area contributed by atoms with Gasteiger partial charge in [0.25, 0.3) is 0 Å². The lowest BCUT2D eigenvalue weighted by molar-refractivity contribution is -0.122. The van der Waals surface area contributed by atoms with E-state index in [4.69, 9.17) is 11.6 Å². The molecule has 2 N–H and O–H groups in total. The van der Waals surface area contributed by atoms with Crippen molar-refractivity contribution in [2.24, 2.45) is 0 Å². The third-order valence-corrected chi connectivity index (χ3v) is 2.66. The molecule has 3 nitrogen and oxygen atoms in total. The summed E-state index contributed by atoms with van der Waals surface area (Å²) in [6, 6.07) is 7.51. The zero-order valence-corrected chi connectivity index (χ0v) is 10.3. The van der Waals surface area contributed by atoms with Gasteiger partial charge in [-0.1, -0.05) is 23.7 Å². The number of rotatable bonds is 5. The van der Waals surface area contributed by atoms with E-state index in [0.29, 0.717) is 6.54 Å². The van der Waals surface area contributed by atoms with Crippen LogP contribution in [0.5, 0.6) is 0 Å². The van der Waals surface area contributed by atoms with E-state index in [1.165, 1.54) is 0 Å². The molecule has 1 unspecified atom stereocenters. The molecule has 0 spiro atoms. The molecule has 1 amide bonds. The van der Waals surface area contributed by atoms with Gasteiger partial charge in [-0.05, 0) is 38.1 Å². The lowest BCUT2D eigenvalue weighted by Gasteiger charge is -2.10. The molecule has 1 aromatic rings. The Morgan fingerprint density at radius 1 is 1.50 bits per heavy atom. The van der Waals surface area contributed by atoms with Crippen LogP contribution in [-0.4, -0.2) is 25.5 Å². The van der Waals surface area contributed by atoms with Gasteiger partial charge in [-0.3, -0.25) is 4.79 Å². The van der Waals surface area contributed by atoms with E-state index in [-0.39, 0.29) is 11.9 Å². The van der Waals surface area contributed by atoms with Crippen LogP contribution >= 0.6 is 11.6 Å². The van der Waals surface area contributed by atoms with Crippen LogP contribution in [0.15, 0.2) is 24.3 Å². The quantitative estimate of drug-likeness (QED) is 0.821. The minimum atomic E-state index is -0.153. The molecular formula is C12H17ClN2O. The molecule has 0 saturated carbocycles. The van der Waals surface area contributed by atoms with Gasteiger partial charge >= 0.3 is 0 Å². The number of nitrogens with one attached hydrogen (secondary N) is 2. The van der Waals surface area contributed by atoms with Crippen LogP contribution < -0.4 is 10.6 Å². The van der Waals surface area contributed by atoms with Gasteiger partial charge < -0.3 is 10.6 Å². The molecule has 0 aromatic heterocycles. The highest BCUT2D eigenvalue weighted by Crippen LogP contribution is 2.10. The van der Waals surface area contributed by atoms with Crippen LogP contribution in [0.25, 0.3) is 0 Å². The molecule has 0 saturated heterocycles. The fourth-order valence-electron chi connectivity index (χ4n) is 1.31. The monoisotopic (exact) mass is 240 g/mol. The molecule has 0 bridgehead atoms. The summed E-state index contributed by atoms with van der Waals surface area (Å²) in [5.74, 6) is 0.0181. The van der Waals surface area contributed by atoms with Crippen molar-refractivity contribution in [3.05, 3.63) is 34.9 Å². The number of carbonyl (C=O) groups excluding carboxylic acids is 1. The van der Waals surface area contributed by atoms with Gasteiger partial charge in [0, 0.05) is 11.6 Å². The van der Waals surface area contributed by atoms with Crippen LogP contribution in [0.1, 0.15) is 12.5 Å². The normalized spacial score (nSPS) is 12.2. The number of amides is 1. The van der Waals surface area contributed by atoms with Crippen molar-refractivity contribution in [1.82, 2.24) is 10.6 Å². The van der Waals surface area contributed by atoms with Crippen molar-refractivity contribution in [2.75, 3.05) is 13.6 Å². The lowest BCUT2D eigenvalue weighted by atomic mass is 10.1. The number of carbonyl (C=O) groups is 1. The van der Waals surface area contributed by atoms with Gasteiger partial charge in [0.15, 0.2) is 0 Å². The van der Waals surface area contributed by atoms with E-state index < -0.39 is 0 Å². The Bertz CT molecular complexity index is 355. The Balaban J connectivity index is 2.33. The molecule has 88 valence electrons. The molecule has 0 radical (unpaired) electrons. The van der Waals surface area contributed by atoms with Crippen LogP contribution in [0.2, 0.25) is 5.02 Å². The van der Waals surface area contributed by atoms with E-state index in [9.17, 15) is 4.79 Å². The number of benzene rings is 1. The summed E-state index contributed by atoms with van der Waals surface area (Å²) in [7, 11) is 1.77. The summed E-state index contributed by atoms with van der Waals surface area (Å²) < 4.78 is 0. The van der Waals surface area contributed by atoms with Gasteiger partial charge in [-0.25, -0.2) is 0 Å². The fourth-order valence-corrected chi connectivity index (χ4v) is 1.52. The predicted molar refractivity (Wildman–Crippen MR) is 66.7 cm³/mol. The summed E-state index contributed by atoms with van der Waals surface area (Å²) >= 11 is 5.86. The smallest absolute Gasteiger partial charge is 0.236 e. The topological polar surface area (TPSA) is 41.1 Å². The summed E-state index contributed by atoms with van der Waals surface area (Å²) in [4.78, 5) is 11.4. The highest BCUT2D eigenvalue weighted by molar-refractivity contribution is 6.30. The second-order valence-electron chi connectivity index (χ2n) is 3.68. The maximum atomic E-state index is 11.4. The zero-order valence-electron chi connectivity index (χ0n) is 9.59. The van der Waals surface area contributed by atoms with Crippen LogP contribution in [-0.2, 0) is 11.2 Å². The standard InChI is InChI=1S/C12H17ClN2O/c1-9(14-2)12(16)15-7-6-10-4-3-5-11(13)8-10/h3-5,8-9,14H,6-7H2,1-2H3,(H,15,16). The SMILES string of the molecule is CNC(C)C(=O)NCCc1cccc(Cl)c1. The Kier molecular flexibility index (Phi) is 5.29. The Morgan fingerprint density at radius 3 is 2.88 bits per heavy atom. The van der Waals surface area contributed by atoms with Crippen molar-refractivity contribution in [3.8, 4) is 0 Å². The van der Waals surface area contributed by atoms with E-state index in [2.05, 4.69) is 10.6 Å². The van der Waals surface area contributed by atoms with Gasteiger partial charge in [0.1, 0.15) is 0 Å². The first-order valence-corrected chi connectivity index (χ1v) is 5.70. The lowest BCUT2D eigenvalue weighted by Crippen LogP contribution is -2.41. The van der Waals surface area contributed by atoms with Crippen LogP contribution in [0, 0.1) is 0 Å². The van der Waals surface area contributed by atoms with E-state index in [0.717, 1.165) is 17.0 Å². The highest BCUT2D eigenvalue weighted by Gasteiger charge is 2.08. The first kappa shape index (κ1) is 13.0. The molecule has 16 heavy (non-hydrogen) atoms. The molecule has 0 aliphatic carbocycles. The molecule has 1 rings (SSSR count). The van der Waals surface area contributed by atoms with Gasteiger partial charge in [0.2, 0.25) is 5.91 Å². The van der Waals surface area contributed by atoms with Crippen molar-refractivity contribution >= 4 is 17.5 Å². The molecule has 1 aromatic carbocycles. The number of hydrogen-bond acceptors (Lipinski definition) is 2. The van der Waals surface area contributed by atoms with E-state index in [1.807, 2.05) is 31.2 Å². The zero-order chi connectivity index (χ0) is 12.0. The third kappa shape index (κ3) is 4.21. The second kappa shape index (κ2) is 6.51. The van der Waals surface area contributed by atoms with Crippen molar-refractivity contribution < 1.29 is 4.79 Å². The molecule has 0 fully saturated rings. The maximum Gasteiger partial charge on any atom is 0.236 e. The minimum absolute atomic E-state index is 0.0181. The van der Waals surface area contributed by atoms with Crippen molar-refractivity contribution in [1.29, 1.82) is 0 Å². The Morgan fingerprint density at radius 2 is 2.25 bits per heavy atom. The first-order chi connectivity index (χ1) is 7.63. The van der Waals surface area contributed by atoms with Gasteiger partial charge in [-0.15, -0.1) is 0 Å². The van der Waals surface area contributed by atoms with E-state index >= 15 is 0 Å². The Hall–Kier alpha value is -1.06. The third-order valence-electron chi connectivity index (χ3n) is 2.43. The van der Waals surface area contributed by atoms with E-state index in [1.54, 1.807) is 7.05 Å². The van der Waals surface area contributed by atoms with Gasteiger partial charge in [-0.2, -0.15) is 0 Å². The Labute approximate surface area is 101 Å². The molecule has 0 aliphatic rings. The molecule has 0 heterocycles. The largest absolute Gasteiger partial charge is 0.354 e. The molecule has 1 atom stereocenters. The molecule has 4 heteroatoms. The average molecular weight is 241 g/mol. The molecular weight excluding hydrogens is 224 g/mol. The fraction of sp³-hybridized carbons (Fsp3) is 0.417. The van der Waals surface area contributed by atoms with Gasteiger partial charge in [0.05, 0.1) is 6.04 Å². The van der Waals surface area contributed by atoms with Crippen LogP contribution in [0.3, 0.4) is 0 Å². The van der Waals surface area contributed by atoms with Crippen molar-refractivity contribution in [2.45, 2.75) is 19.4 Å². The summed E-state index contributed by atoms with van der Waals surface area (Å²) in [5, 5.41) is 6.48. The number of halogens is 1. The second-order valence-corrected chi connectivity index (χ2v) is 4.12. The number of likely N-dealkylation sites (N-methyl/N-ethyl adjacent to an activating group) is 1. The summed E-state index contributed by atoms with van der Waals surface area (Å²) in [6.07, 6.45) is 0.794. The van der Waals surface area contributed by atoms with Crippen molar-refractivity contribution in [3.63, 3.8) is 0 Å². The predicted octanol–water partition coefficient (Wildman–Crippen LogP) is 1.61. The highest BCUT2D eigenvalue weighted by atomic mass is 35.5. The van der Waals surface area contributed by atoms with Crippen LogP contribution in [0.4, 0.5) is 0 Å². The minimum Gasteiger partial charge on any atom is -0.354 e. The summed E-state index contributed by atoms with van der Waals surface area (Å²) in [6.45, 7) is 2.46. The molecule has 0 aliphatic heterocycles. The number of hydrogen-bond donors (Lipinski definition) is 2. The first-order valence-electron chi connectivity index (χ1n) is 5.33.